The number of aliphatic hydroxyl groups is 1. The van der Waals surface area contributed by atoms with Crippen LogP contribution in [-0.2, 0) is 16.1 Å². The molecule has 6 nitrogen and oxygen atoms in total. The molecule has 2 amide bonds. The van der Waals surface area contributed by atoms with Crippen molar-refractivity contribution in [1.82, 2.24) is 5.32 Å². The standard InChI is InChI=1S/C18H14ClF3N2O4/c19-12-3-1-2-10(15(12)22)9-23-17(26)28-18(27)6-7-24(16(18)25)14-5-4-11(20)8-13(14)21/h1-5,8,27H,6-7,9H2,(H,23,26)/t18-/m1/s1. The van der Waals surface area contributed by atoms with Gasteiger partial charge in [0.25, 0.3) is 11.7 Å². The van der Waals surface area contributed by atoms with Crippen LogP contribution in [-0.4, -0.2) is 29.4 Å². The Balaban J connectivity index is 1.66. The van der Waals surface area contributed by atoms with Gasteiger partial charge in [-0.05, 0) is 18.2 Å². The number of nitrogens with one attached hydrogen (secondary N) is 1. The van der Waals surface area contributed by atoms with Crippen molar-refractivity contribution in [2.24, 2.45) is 0 Å². The van der Waals surface area contributed by atoms with Gasteiger partial charge >= 0.3 is 6.09 Å². The quantitative estimate of drug-likeness (QED) is 0.753. The molecule has 0 aromatic heterocycles. The van der Waals surface area contributed by atoms with Gasteiger partial charge in [-0.3, -0.25) is 4.79 Å². The van der Waals surface area contributed by atoms with Crippen LogP contribution in [0.4, 0.5) is 23.7 Å². The summed E-state index contributed by atoms with van der Waals surface area (Å²) < 4.78 is 45.5. The van der Waals surface area contributed by atoms with E-state index in [1.54, 1.807) is 0 Å². The number of amides is 2. The molecule has 0 bridgehead atoms. The molecule has 28 heavy (non-hydrogen) atoms. The van der Waals surface area contributed by atoms with Crippen molar-refractivity contribution in [1.29, 1.82) is 0 Å². The normalized spacial score (nSPS) is 19.0. The number of rotatable bonds is 4. The van der Waals surface area contributed by atoms with Gasteiger partial charge in [0.2, 0.25) is 0 Å². The van der Waals surface area contributed by atoms with Crippen LogP contribution in [0, 0.1) is 17.5 Å². The van der Waals surface area contributed by atoms with E-state index >= 15 is 0 Å². The van der Waals surface area contributed by atoms with E-state index < -0.39 is 35.2 Å². The van der Waals surface area contributed by atoms with Crippen LogP contribution in [0.1, 0.15) is 12.0 Å². The summed E-state index contributed by atoms with van der Waals surface area (Å²) in [5, 5.41) is 12.4. The topological polar surface area (TPSA) is 78.9 Å². The summed E-state index contributed by atoms with van der Waals surface area (Å²) in [6.45, 7) is -0.458. The average Bonchev–Trinajstić information content (AvgIpc) is 2.91. The summed E-state index contributed by atoms with van der Waals surface area (Å²) in [5.41, 5.74) is -0.184. The minimum absolute atomic E-state index is 0.0733. The highest BCUT2D eigenvalue weighted by atomic mass is 35.5. The number of nitrogens with zero attached hydrogens (tertiary/aromatic N) is 1. The maximum absolute atomic E-state index is 13.9. The van der Waals surface area contributed by atoms with Crippen LogP contribution >= 0.6 is 11.6 Å². The van der Waals surface area contributed by atoms with Gasteiger partial charge in [0.1, 0.15) is 17.5 Å². The maximum atomic E-state index is 13.9. The number of hydrogen-bond donors (Lipinski definition) is 2. The smallest absolute Gasteiger partial charge is 0.407 e. The highest BCUT2D eigenvalue weighted by molar-refractivity contribution is 6.30. The number of carbonyl (C=O) groups excluding carboxylic acids is 2. The number of halogens is 4. The summed E-state index contributed by atoms with van der Waals surface area (Å²) >= 11 is 5.64. The first kappa shape index (κ1) is 20.0. The third-order valence-corrected chi connectivity index (χ3v) is 4.46. The Kier molecular flexibility index (Phi) is 5.48. The van der Waals surface area contributed by atoms with E-state index in [-0.39, 0.29) is 35.8 Å². The number of ether oxygens (including phenoxy) is 1. The molecule has 0 spiro atoms. The van der Waals surface area contributed by atoms with Crippen molar-refractivity contribution in [3.8, 4) is 0 Å². The lowest BCUT2D eigenvalue weighted by molar-refractivity contribution is -0.175. The predicted molar refractivity (Wildman–Crippen MR) is 93.0 cm³/mol. The van der Waals surface area contributed by atoms with E-state index in [1.165, 1.54) is 18.2 Å². The van der Waals surface area contributed by atoms with Crippen LogP contribution in [0.15, 0.2) is 36.4 Å². The Labute approximate surface area is 162 Å². The van der Waals surface area contributed by atoms with Crippen LogP contribution in [0.2, 0.25) is 5.02 Å². The number of alkyl carbamates (subject to hydrolysis) is 1. The van der Waals surface area contributed by atoms with Crippen molar-refractivity contribution in [3.05, 3.63) is 64.4 Å². The van der Waals surface area contributed by atoms with Gasteiger partial charge < -0.3 is 20.1 Å². The Morgan fingerprint density at radius 2 is 2.04 bits per heavy atom. The molecule has 0 aliphatic carbocycles. The summed E-state index contributed by atoms with van der Waals surface area (Å²) in [5.74, 6) is -6.16. The molecule has 2 aromatic carbocycles. The van der Waals surface area contributed by atoms with E-state index in [0.717, 1.165) is 17.0 Å². The zero-order chi connectivity index (χ0) is 20.5. The first-order valence-electron chi connectivity index (χ1n) is 8.10. The summed E-state index contributed by atoms with van der Waals surface area (Å²) in [4.78, 5) is 25.2. The summed E-state index contributed by atoms with van der Waals surface area (Å²) in [7, 11) is 0. The van der Waals surface area contributed by atoms with Gasteiger partial charge in [0.15, 0.2) is 0 Å². The summed E-state index contributed by atoms with van der Waals surface area (Å²) in [6, 6.07) is 6.79. The molecule has 148 valence electrons. The van der Waals surface area contributed by atoms with Crippen LogP contribution in [0.25, 0.3) is 0 Å². The molecule has 1 heterocycles. The average molecular weight is 415 g/mol. The molecule has 3 rings (SSSR count). The fraction of sp³-hybridized carbons (Fsp3) is 0.222. The van der Waals surface area contributed by atoms with Gasteiger partial charge in [0, 0.05) is 31.1 Å². The third kappa shape index (κ3) is 3.90. The molecule has 0 unspecified atom stereocenters. The van der Waals surface area contributed by atoms with Gasteiger partial charge in [-0.1, -0.05) is 23.7 Å². The van der Waals surface area contributed by atoms with E-state index in [9.17, 15) is 27.9 Å². The highest BCUT2D eigenvalue weighted by Gasteiger charge is 2.50. The lowest BCUT2D eigenvalue weighted by atomic mass is 10.2. The minimum atomic E-state index is -2.53. The molecule has 1 fully saturated rings. The molecule has 0 saturated carbocycles. The van der Waals surface area contributed by atoms with E-state index in [4.69, 9.17) is 16.3 Å². The van der Waals surface area contributed by atoms with Crippen LogP contribution in [0.3, 0.4) is 0 Å². The van der Waals surface area contributed by atoms with Gasteiger partial charge in [-0.2, -0.15) is 0 Å². The molecule has 10 heteroatoms. The summed E-state index contributed by atoms with van der Waals surface area (Å²) in [6.07, 6.45) is -1.52. The number of carbonyl (C=O) groups is 2. The van der Waals surface area contributed by atoms with E-state index in [0.29, 0.717) is 6.07 Å². The van der Waals surface area contributed by atoms with E-state index in [2.05, 4.69) is 5.32 Å². The van der Waals surface area contributed by atoms with Crippen molar-refractivity contribution in [2.75, 3.05) is 11.4 Å². The molecular weight excluding hydrogens is 401 g/mol. The Bertz CT molecular complexity index is 943. The SMILES string of the molecule is O=C(NCc1cccc(Cl)c1F)O[C@]1(O)CCN(c2ccc(F)cc2F)C1=O. The molecule has 0 radical (unpaired) electrons. The molecule has 2 aromatic rings. The molecule has 1 saturated heterocycles. The molecular formula is C18H14ClF3N2O4. The molecule has 1 aliphatic rings. The number of anilines is 1. The Morgan fingerprint density at radius 1 is 1.29 bits per heavy atom. The van der Waals surface area contributed by atoms with E-state index in [1.807, 2.05) is 0 Å². The largest absolute Gasteiger partial charge is 0.410 e. The first-order chi connectivity index (χ1) is 13.2. The lowest BCUT2D eigenvalue weighted by Crippen LogP contribution is -2.46. The Hall–Kier alpha value is -2.78. The van der Waals surface area contributed by atoms with Crippen molar-refractivity contribution < 1.29 is 32.6 Å². The van der Waals surface area contributed by atoms with Gasteiger partial charge in [0.05, 0.1) is 10.7 Å². The fourth-order valence-electron chi connectivity index (χ4n) is 2.75. The number of benzene rings is 2. The van der Waals surface area contributed by atoms with Crippen molar-refractivity contribution in [3.63, 3.8) is 0 Å². The lowest BCUT2D eigenvalue weighted by Gasteiger charge is -2.22. The fourth-order valence-corrected chi connectivity index (χ4v) is 2.94. The minimum Gasteiger partial charge on any atom is -0.407 e. The number of hydrogen-bond acceptors (Lipinski definition) is 4. The second-order valence-electron chi connectivity index (χ2n) is 6.04. The highest BCUT2D eigenvalue weighted by Crippen LogP contribution is 2.31. The van der Waals surface area contributed by atoms with Crippen LogP contribution in [0.5, 0.6) is 0 Å². The molecule has 1 atom stereocenters. The van der Waals surface area contributed by atoms with Crippen LogP contribution < -0.4 is 10.2 Å². The van der Waals surface area contributed by atoms with Crippen molar-refractivity contribution in [2.45, 2.75) is 18.8 Å². The second kappa shape index (κ2) is 7.69. The second-order valence-corrected chi connectivity index (χ2v) is 6.45. The molecule has 1 aliphatic heterocycles. The predicted octanol–water partition coefficient (Wildman–Crippen LogP) is 3.11. The molecule has 2 N–H and O–H groups in total. The maximum Gasteiger partial charge on any atom is 0.410 e. The first-order valence-corrected chi connectivity index (χ1v) is 8.48. The van der Waals surface area contributed by atoms with Crippen molar-refractivity contribution >= 4 is 29.3 Å². The van der Waals surface area contributed by atoms with Gasteiger partial charge in [-0.15, -0.1) is 0 Å². The zero-order valence-corrected chi connectivity index (χ0v) is 15.0. The monoisotopic (exact) mass is 414 g/mol. The third-order valence-electron chi connectivity index (χ3n) is 4.17. The zero-order valence-electron chi connectivity index (χ0n) is 14.2. The Morgan fingerprint density at radius 3 is 2.75 bits per heavy atom. The van der Waals surface area contributed by atoms with Gasteiger partial charge in [-0.25, -0.2) is 18.0 Å².